The molecule has 0 radical (unpaired) electrons. The number of hydrogen-bond acceptors (Lipinski definition) is 7. The molecule has 0 bridgehead atoms. The van der Waals surface area contributed by atoms with Gasteiger partial charge in [0, 0.05) is 31.7 Å². The van der Waals surface area contributed by atoms with E-state index in [0.717, 1.165) is 11.1 Å². The monoisotopic (exact) mass is 475 g/mol. The highest BCUT2D eigenvalue weighted by atomic mass is 32.2. The predicted octanol–water partition coefficient (Wildman–Crippen LogP) is 0.853. The van der Waals surface area contributed by atoms with E-state index < -0.39 is 28.2 Å². The first-order valence-corrected chi connectivity index (χ1v) is 11.9. The van der Waals surface area contributed by atoms with Gasteiger partial charge < -0.3 is 19.5 Å². The maximum Gasteiger partial charge on any atom is 0.267 e. The number of carbonyl (C=O) groups excluding carboxylic acids is 1. The molecule has 3 aliphatic rings. The maximum absolute atomic E-state index is 15.5. The van der Waals surface area contributed by atoms with Crippen molar-refractivity contribution in [3.05, 3.63) is 59.2 Å². The average Bonchev–Trinajstić information content (AvgIpc) is 3.43. The van der Waals surface area contributed by atoms with Crippen molar-refractivity contribution < 1.29 is 32.2 Å². The number of carbonyl (C=O) groups is 1. The van der Waals surface area contributed by atoms with Gasteiger partial charge >= 0.3 is 0 Å². The largest absolute Gasteiger partial charge is 0.484 e. The number of fused-ring (bicyclic) bond motifs is 1. The molecule has 3 aliphatic heterocycles. The minimum Gasteiger partial charge on any atom is -0.484 e. The first-order chi connectivity index (χ1) is 15.8. The number of halogens is 1. The number of hydrogen-bond donors (Lipinski definition) is 1. The van der Waals surface area contributed by atoms with E-state index in [9.17, 15) is 18.3 Å². The molecule has 11 heteroatoms. The number of rotatable bonds is 5. The number of amides is 1. The summed E-state index contributed by atoms with van der Waals surface area (Å²) in [5.41, 5.74) is -0.976. The van der Waals surface area contributed by atoms with Gasteiger partial charge in [0.15, 0.2) is 10.8 Å². The van der Waals surface area contributed by atoms with Crippen LogP contribution >= 0.6 is 0 Å². The second-order valence-corrected chi connectivity index (χ2v) is 10.0. The number of nitrogens with zero attached hydrogens (tertiary/aromatic N) is 3. The standard InChI is InChI=1S/C22H22FN3O6S/c23-22(14-27,17-4-2-1-3-5-17)21(28)25-10-15-12-26(13-16(15)11-25)33(29,30)19-7-6-18-20(24-19)32-9-8-31-18/h1-7,27H,8-14H2/t22-/m0/s1. The van der Waals surface area contributed by atoms with Crippen molar-refractivity contribution >= 4 is 15.9 Å². The number of benzene rings is 1. The summed E-state index contributed by atoms with van der Waals surface area (Å²) in [4.78, 5) is 18.4. The summed E-state index contributed by atoms with van der Waals surface area (Å²) >= 11 is 0. The molecule has 0 aliphatic carbocycles. The number of ether oxygens (including phenoxy) is 2. The van der Waals surface area contributed by atoms with Gasteiger partial charge in [-0.3, -0.25) is 4.79 Å². The van der Waals surface area contributed by atoms with E-state index in [1.165, 1.54) is 33.5 Å². The lowest BCUT2D eigenvalue weighted by Gasteiger charge is -2.29. The van der Waals surface area contributed by atoms with Crippen LogP contribution in [0.5, 0.6) is 11.6 Å². The Hall–Kier alpha value is -3.02. The van der Waals surface area contributed by atoms with Crippen molar-refractivity contribution in [2.24, 2.45) is 0 Å². The molecule has 0 fully saturated rings. The molecule has 0 unspecified atom stereocenters. The van der Waals surface area contributed by atoms with Gasteiger partial charge in [-0.05, 0) is 23.3 Å². The molecule has 0 spiro atoms. The third kappa shape index (κ3) is 3.65. The Morgan fingerprint density at radius 1 is 1.03 bits per heavy atom. The van der Waals surface area contributed by atoms with Crippen LogP contribution in [0.25, 0.3) is 0 Å². The van der Waals surface area contributed by atoms with Gasteiger partial charge in [0.1, 0.15) is 13.2 Å². The zero-order valence-corrected chi connectivity index (χ0v) is 18.4. The molecule has 1 aromatic carbocycles. The average molecular weight is 475 g/mol. The molecule has 1 N–H and O–H groups in total. The predicted molar refractivity (Wildman–Crippen MR) is 114 cm³/mol. The highest BCUT2D eigenvalue weighted by molar-refractivity contribution is 7.89. The highest BCUT2D eigenvalue weighted by Gasteiger charge is 2.46. The van der Waals surface area contributed by atoms with Crippen molar-refractivity contribution in [1.82, 2.24) is 14.2 Å². The summed E-state index contributed by atoms with van der Waals surface area (Å²) in [5, 5.41) is 9.54. The fourth-order valence-electron chi connectivity index (χ4n) is 4.28. The summed E-state index contributed by atoms with van der Waals surface area (Å²) < 4.78 is 53.8. The molecule has 174 valence electrons. The van der Waals surface area contributed by atoms with Gasteiger partial charge in [-0.25, -0.2) is 12.8 Å². The van der Waals surface area contributed by atoms with Gasteiger partial charge in [0.25, 0.3) is 21.8 Å². The van der Waals surface area contributed by atoms with Gasteiger partial charge in [0.2, 0.25) is 5.67 Å². The lowest BCUT2D eigenvalue weighted by atomic mass is 9.95. The van der Waals surface area contributed by atoms with Crippen molar-refractivity contribution in [1.29, 1.82) is 0 Å². The molecule has 4 heterocycles. The minimum atomic E-state index is -3.90. The highest BCUT2D eigenvalue weighted by Crippen LogP contribution is 2.35. The van der Waals surface area contributed by atoms with Crippen LogP contribution in [0.1, 0.15) is 5.56 Å². The number of aliphatic hydroxyl groups excluding tert-OH is 1. The number of pyridine rings is 1. The van der Waals surface area contributed by atoms with Crippen LogP contribution < -0.4 is 9.47 Å². The summed E-state index contributed by atoms with van der Waals surface area (Å²) in [7, 11) is -3.90. The molecule has 2 aromatic rings. The van der Waals surface area contributed by atoms with Crippen LogP contribution in [0, 0.1) is 0 Å². The number of aromatic nitrogens is 1. The van der Waals surface area contributed by atoms with E-state index in [2.05, 4.69) is 4.98 Å². The van der Waals surface area contributed by atoms with Crippen LogP contribution in [0.3, 0.4) is 0 Å². The number of alkyl halides is 1. The van der Waals surface area contributed by atoms with Crippen LogP contribution in [0.4, 0.5) is 4.39 Å². The Bertz CT molecular complexity index is 1220. The van der Waals surface area contributed by atoms with Gasteiger partial charge in [0.05, 0.1) is 6.61 Å². The molecular formula is C22H22FN3O6S. The molecule has 1 aromatic heterocycles. The van der Waals surface area contributed by atoms with E-state index in [4.69, 9.17) is 9.47 Å². The Morgan fingerprint density at radius 2 is 1.70 bits per heavy atom. The van der Waals surface area contributed by atoms with Gasteiger partial charge in [-0.15, -0.1) is 0 Å². The van der Waals surface area contributed by atoms with Crippen LogP contribution in [0.2, 0.25) is 0 Å². The fourth-order valence-corrected chi connectivity index (χ4v) is 5.64. The summed E-state index contributed by atoms with van der Waals surface area (Å²) in [5.74, 6) is -0.301. The van der Waals surface area contributed by atoms with Crippen molar-refractivity contribution in [2.45, 2.75) is 10.7 Å². The lowest BCUT2D eigenvalue weighted by Crippen LogP contribution is -2.47. The smallest absolute Gasteiger partial charge is 0.267 e. The Kier molecular flexibility index (Phi) is 5.34. The van der Waals surface area contributed by atoms with Gasteiger partial charge in [-0.2, -0.15) is 9.29 Å². The van der Waals surface area contributed by atoms with Crippen molar-refractivity contribution in [3.63, 3.8) is 0 Å². The van der Waals surface area contributed by atoms with Crippen molar-refractivity contribution in [2.75, 3.05) is 46.0 Å². The lowest BCUT2D eigenvalue weighted by molar-refractivity contribution is -0.146. The quantitative estimate of drug-likeness (QED) is 0.639. The topological polar surface area (TPSA) is 109 Å². The molecule has 9 nitrogen and oxygen atoms in total. The fraction of sp³-hybridized carbons (Fsp3) is 0.364. The third-order valence-corrected chi connectivity index (χ3v) is 7.75. The molecule has 33 heavy (non-hydrogen) atoms. The van der Waals surface area contributed by atoms with E-state index in [-0.39, 0.29) is 42.6 Å². The summed E-state index contributed by atoms with van der Waals surface area (Å²) in [6.07, 6.45) is 0. The first kappa shape index (κ1) is 21.8. The summed E-state index contributed by atoms with van der Waals surface area (Å²) in [6, 6.07) is 10.7. The van der Waals surface area contributed by atoms with Crippen molar-refractivity contribution in [3.8, 4) is 11.6 Å². The Morgan fingerprint density at radius 3 is 2.36 bits per heavy atom. The van der Waals surface area contributed by atoms with Gasteiger partial charge in [-0.1, -0.05) is 30.3 Å². The Balaban J connectivity index is 1.29. The van der Waals surface area contributed by atoms with Crippen LogP contribution in [0.15, 0.2) is 58.6 Å². The molecule has 0 saturated carbocycles. The van der Waals surface area contributed by atoms with Crippen LogP contribution in [-0.4, -0.2) is 79.6 Å². The van der Waals surface area contributed by atoms with E-state index in [1.54, 1.807) is 18.2 Å². The van der Waals surface area contributed by atoms with E-state index in [0.29, 0.717) is 19.0 Å². The Labute approximate surface area is 190 Å². The summed E-state index contributed by atoms with van der Waals surface area (Å²) in [6.45, 7) is 0.0652. The molecule has 0 saturated heterocycles. The van der Waals surface area contributed by atoms with Crippen LogP contribution in [-0.2, 0) is 20.5 Å². The number of aliphatic hydroxyl groups is 1. The molecule has 1 atom stereocenters. The SMILES string of the molecule is O=C(N1CC2=C(C1)CN(S(=O)(=O)c1ccc3c(n1)OCCO3)C2)[C@](F)(CO)c1ccccc1. The minimum absolute atomic E-state index is 0.0819. The second-order valence-electron chi connectivity index (χ2n) is 8.12. The number of sulfonamides is 1. The third-order valence-electron chi connectivity index (χ3n) is 6.06. The zero-order valence-electron chi connectivity index (χ0n) is 17.6. The molecular weight excluding hydrogens is 453 g/mol. The molecule has 1 amide bonds. The van der Waals surface area contributed by atoms with E-state index >= 15 is 4.39 Å². The zero-order chi connectivity index (χ0) is 23.2. The maximum atomic E-state index is 15.5. The normalized spacial score (nSPS) is 20.0. The molecule has 5 rings (SSSR count). The van der Waals surface area contributed by atoms with E-state index in [1.807, 2.05) is 0 Å². The first-order valence-electron chi connectivity index (χ1n) is 10.4. The second kappa shape index (κ2) is 8.08.